The first-order valence-electron chi connectivity index (χ1n) is 13.9. The third-order valence-corrected chi connectivity index (χ3v) is 8.73. The zero-order valence-electron chi connectivity index (χ0n) is 22.5. The number of ether oxygens (including phenoxy) is 3. The molecule has 2 bridgehead atoms. The first-order chi connectivity index (χ1) is 19.1. The van der Waals surface area contributed by atoms with Crippen LogP contribution in [0.25, 0.3) is 0 Å². The lowest BCUT2D eigenvalue weighted by Crippen LogP contribution is -2.47. The zero-order chi connectivity index (χ0) is 28.6. The van der Waals surface area contributed by atoms with E-state index in [4.69, 9.17) is 14.2 Å². The normalized spacial score (nSPS) is 26.8. The second-order valence-electron chi connectivity index (χ2n) is 11.5. The maximum absolute atomic E-state index is 14.4. The summed E-state index contributed by atoms with van der Waals surface area (Å²) in [7, 11) is 0. The molecule has 3 fully saturated rings. The Bertz CT molecular complexity index is 1230. The van der Waals surface area contributed by atoms with Crippen molar-refractivity contribution >= 4 is 17.9 Å². The molecule has 2 aromatic rings. The van der Waals surface area contributed by atoms with Gasteiger partial charge in [-0.3, -0.25) is 0 Å². The lowest BCUT2D eigenvalue weighted by atomic mass is 9.80. The van der Waals surface area contributed by atoms with Gasteiger partial charge in [0.25, 0.3) is 0 Å². The van der Waals surface area contributed by atoms with Crippen LogP contribution in [0.4, 0.5) is 8.78 Å². The van der Waals surface area contributed by atoms with Crippen molar-refractivity contribution in [1.82, 2.24) is 0 Å². The summed E-state index contributed by atoms with van der Waals surface area (Å²) in [5.41, 5.74) is -0.199. The Hall–Kier alpha value is -3.33. The van der Waals surface area contributed by atoms with Gasteiger partial charge in [-0.2, -0.15) is 8.78 Å². The number of carbonyl (C=O) groups is 3. The summed E-state index contributed by atoms with van der Waals surface area (Å²) in [5, 5.41) is 11.1. The number of aliphatic carboxylic acids is 1. The fourth-order valence-electron chi connectivity index (χ4n) is 6.83. The predicted octanol–water partition coefficient (Wildman–Crippen LogP) is 4.95. The second kappa shape index (κ2) is 11.3. The van der Waals surface area contributed by atoms with Gasteiger partial charge in [0.1, 0.15) is 5.97 Å². The highest BCUT2D eigenvalue weighted by atomic mass is 19.3. The van der Waals surface area contributed by atoms with E-state index in [1.54, 1.807) is 6.07 Å². The molecule has 7 nitrogen and oxygen atoms in total. The molecule has 0 saturated heterocycles. The van der Waals surface area contributed by atoms with E-state index < -0.39 is 36.2 Å². The Kier molecular flexibility index (Phi) is 7.95. The molecular weight excluding hydrogens is 522 g/mol. The SMILES string of the molecule is CC(C)C(OC(=O)c1ccc(C(=O)OC(c2ccccc2)C(F)(F)C(=O)[O-])cc1)OC1CC2CC1C1CCCC21. The minimum atomic E-state index is -4.47. The van der Waals surface area contributed by atoms with E-state index in [0.717, 1.165) is 12.3 Å². The lowest BCUT2D eigenvalue weighted by Gasteiger charge is -2.34. The number of carboxylic acid groups (broad SMARTS) is 1. The summed E-state index contributed by atoms with van der Waals surface area (Å²) in [6.45, 7) is 3.85. The number of halogens is 2. The Morgan fingerprint density at radius 2 is 1.45 bits per heavy atom. The second-order valence-corrected chi connectivity index (χ2v) is 11.5. The van der Waals surface area contributed by atoms with E-state index >= 15 is 0 Å². The van der Waals surface area contributed by atoms with Crippen molar-refractivity contribution in [2.24, 2.45) is 29.6 Å². The Labute approximate surface area is 231 Å². The van der Waals surface area contributed by atoms with E-state index in [-0.39, 0.29) is 28.7 Å². The van der Waals surface area contributed by atoms with Crippen LogP contribution in [-0.4, -0.2) is 36.2 Å². The van der Waals surface area contributed by atoms with Crippen molar-refractivity contribution in [2.75, 3.05) is 0 Å². The molecule has 3 aliphatic rings. The van der Waals surface area contributed by atoms with Crippen LogP contribution >= 0.6 is 0 Å². The summed E-state index contributed by atoms with van der Waals surface area (Å²) < 4.78 is 45.8. The maximum Gasteiger partial charge on any atom is 0.340 e. The number of benzene rings is 2. The third-order valence-electron chi connectivity index (χ3n) is 8.73. The van der Waals surface area contributed by atoms with Crippen molar-refractivity contribution in [3.63, 3.8) is 0 Å². The fourth-order valence-corrected chi connectivity index (χ4v) is 6.83. The van der Waals surface area contributed by atoms with Crippen LogP contribution in [0.1, 0.15) is 78.3 Å². The minimum absolute atomic E-state index is 0.0722. The van der Waals surface area contributed by atoms with Crippen LogP contribution in [0.2, 0.25) is 0 Å². The molecule has 40 heavy (non-hydrogen) atoms. The van der Waals surface area contributed by atoms with Gasteiger partial charge < -0.3 is 24.1 Å². The summed E-state index contributed by atoms with van der Waals surface area (Å²) >= 11 is 0. The highest BCUT2D eigenvalue weighted by molar-refractivity contribution is 5.93. The van der Waals surface area contributed by atoms with Crippen molar-refractivity contribution in [1.29, 1.82) is 0 Å². The van der Waals surface area contributed by atoms with Gasteiger partial charge in [-0.25, -0.2) is 9.59 Å². The van der Waals surface area contributed by atoms with Crippen molar-refractivity contribution < 1.29 is 42.5 Å². The molecule has 0 N–H and O–H groups in total. The smallest absolute Gasteiger partial charge is 0.340 e. The van der Waals surface area contributed by atoms with Crippen LogP contribution in [0.15, 0.2) is 54.6 Å². The number of fused-ring (bicyclic) bond motifs is 5. The molecule has 214 valence electrons. The predicted molar refractivity (Wildman–Crippen MR) is 137 cm³/mol. The highest BCUT2D eigenvalue weighted by Crippen LogP contribution is 2.59. The number of carboxylic acids is 1. The first kappa shape index (κ1) is 28.2. The molecule has 0 amide bonds. The van der Waals surface area contributed by atoms with Crippen LogP contribution in [-0.2, 0) is 19.0 Å². The highest BCUT2D eigenvalue weighted by Gasteiger charge is 2.55. The van der Waals surface area contributed by atoms with Crippen LogP contribution in [0, 0.1) is 29.6 Å². The minimum Gasteiger partial charge on any atom is -0.544 e. The summed E-state index contributed by atoms with van der Waals surface area (Å²) in [5.74, 6) is -6.26. The van der Waals surface area contributed by atoms with Gasteiger partial charge in [-0.05, 0) is 79.2 Å². The molecule has 2 aromatic carbocycles. The maximum atomic E-state index is 14.4. The molecule has 3 aliphatic carbocycles. The summed E-state index contributed by atoms with van der Waals surface area (Å²) in [6, 6.07) is 12.0. The van der Waals surface area contributed by atoms with Crippen molar-refractivity contribution in [2.45, 2.75) is 70.4 Å². The molecule has 3 saturated carbocycles. The van der Waals surface area contributed by atoms with E-state index in [2.05, 4.69) is 0 Å². The van der Waals surface area contributed by atoms with Gasteiger partial charge in [0, 0.05) is 5.92 Å². The zero-order valence-corrected chi connectivity index (χ0v) is 22.5. The van der Waals surface area contributed by atoms with Gasteiger partial charge in [-0.1, -0.05) is 50.6 Å². The summed E-state index contributed by atoms with van der Waals surface area (Å²) in [6.07, 6.45) is 3.01. The molecule has 5 rings (SSSR count). The number of hydrogen-bond acceptors (Lipinski definition) is 7. The van der Waals surface area contributed by atoms with Crippen LogP contribution < -0.4 is 5.11 Å². The molecule has 7 atom stereocenters. The van der Waals surface area contributed by atoms with Crippen LogP contribution in [0.5, 0.6) is 0 Å². The van der Waals surface area contributed by atoms with E-state index in [1.807, 2.05) is 13.8 Å². The quantitative estimate of drug-likeness (QED) is 0.302. The topological polar surface area (TPSA) is 102 Å². The fraction of sp³-hybridized carbons (Fsp3) is 0.516. The van der Waals surface area contributed by atoms with Crippen molar-refractivity contribution in [3.8, 4) is 0 Å². The van der Waals surface area contributed by atoms with Gasteiger partial charge in [0.2, 0.25) is 6.29 Å². The monoisotopic (exact) mass is 555 g/mol. The number of esters is 2. The Balaban J connectivity index is 1.23. The molecule has 9 heteroatoms. The first-order valence-corrected chi connectivity index (χ1v) is 13.9. The number of carbonyl (C=O) groups excluding carboxylic acids is 3. The van der Waals surface area contributed by atoms with E-state index in [1.165, 1.54) is 74.2 Å². The largest absolute Gasteiger partial charge is 0.544 e. The third kappa shape index (κ3) is 5.48. The van der Waals surface area contributed by atoms with Gasteiger partial charge in [0.05, 0.1) is 17.2 Å². The molecule has 0 heterocycles. The molecule has 0 spiro atoms. The molecule has 0 aromatic heterocycles. The summed E-state index contributed by atoms with van der Waals surface area (Å²) in [4.78, 5) is 36.7. The van der Waals surface area contributed by atoms with E-state index in [0.29, 0.717) is 17.8 Å². The number of rotatable bonds is 10. The standard InChI is InChI=1S/C31H34F2O7/c1-17(2)29(38-25-16-21-15-24(25)23-10-6-9-22(21)23)40-28(35)20-13-11-19(12-14-20)27(34)39-26(31(32,33)30(36)37)18-7-4-3-5-8-18/h3-5,7-8,11-14,17,21-26,29H,6,9-10,15-16H2,1-2H3,(H,36,37)/p-1. The van der Waals surface area contributed by atoms with Crippen LogP contribution in [0.3, 0.4) is 0 Å². The van der Waals surface area contributed by atoms with E-state index in [9.17, 15) is 28.3 Å². The van der Waals surface area contributed by atoms with Crippen molar-refractivity contribution in [3.05, 3.63) is 71.3 Å². The lowest BCUT2D eigenvalue weighted by molar-refractivity contribution is -0.336. The average Bonchev–Trinajstić information content (AvgIpc) is 3.66. The average molecular weight is 556 g/mol. The number of hydrogen-bond donors (Lipinski definition) is 0. The Morgan fingerprint density at radius 3 is 2.05 bits per heavy atom. The molecule has 0 aliphatic heterocycles. The molecule has 0 radical (unpaired) electrons. The molecule has 7 unspecified atom stereocenters. The van der Waals surface area contributed by atoms with Gasteiger partial charge >= 0.3 is 17.9 Å². The van der Waals surface area contributed by atoms with Gasteiger partial charge in [-0.15, -0.1) is 0 Å². The Morgan fingerprint density at radius 1 is 0.850 bits per heavy atom. The number of alkyl halides is 2. The van der Waals surface area contributed by atoms with Gasteiger partial charge in [0.15, 0.2) is 6.10 Å². The molecular formula is C31H33F2O7-.